The lowest BCUT2D eigenvalue weighted by molar-refractivity contribution is -0.137. The quantitative estimate of drug-likeness (QED) is 0.189. The molecule has 0 aliphatic rings. The highest BCUT2D eigenvalue weighted by Crippen LogP contribution is 2.32. The SMILES string of the molecule is COc1ccc(/C=C(\C#N)C(=O)Nc2sccc2C(=O)OC(C)C)cc1COc1cccc(C(F)(F)F)c1. The van der Waals surface area contributed by atoms with Gasteiger partial charge in [0.15, 0.2) is 0 Å². The van der Waals surface area contributed by atoms with E-state index in [4.69, 9.17) is 14.2 Å². The van der Waals surface area contributed by atoms with Gasteiger partial charge >= 0.3 is 12.1 Å². The Balaban J connectivity index is 1.79. The lowest BCUT2D eigenvalue weighted by Gasteiger charge is -2.13. The van der Waals surface area contributed by atoms with Crippen molar-refractivity contribution in [3.8, 4) is 17.6 Å². The Kier molecular flexibility index (Phi) is 9.15. The first-order valence-corrected chi connectivity index (χ1v) is 12.1. The third-order valence-corrected chi connectivity index (χ3v) is 5.82. The summed E-state index contributed by atoms with van der Waals surface area (Å²) in [5.41, 5.74) is 0.0260. The van der Waals surface area contributed by atoms with Gasteiger partial charge in [-0.3, -0.25) is 4.79 Å². The van der Waals surface area contributed by atoms with Crippen molar-refractivity contribution in [1.29, 1.82) is 5.26 Å². The number of hydrogen-bond donors (Lipinski definition) is 1. The fourth-order valence-electron chi connectivity index (χ4n) is 3.25. The van der Waals surface area contributed by atoms with E-state index in [0.29, 0.717) is 16.9 Å². The second-order valence-electron chi connectivity index (χ2n) is 8.13. The fourth-order valence-corrected chi connectivity index (χ4v) is 4.02. The molecule has 1 N–H and O–H groups in total. The number of nitriles is 1. The molecule has 2 aromatic carbocycles. The number of halogens is 3. The van der Waals surface area contributed by atoms with Crippen LogP contribution in [0.15, 0.2) is 59.5 Å². The zero-order valence-corrected chi connectivity index (χ0v) is 21.4. The Hall–Kier alpha value is -4.30. The monoisotopic (exact) mass is 544 g/mol. The summed E-state index contributed by atoms with van der Waals surface area (Å²) in [5, 5.41) is 14.0. The summed E-state index contributed by atoms with van der Waals surface area (Å²) in [5.74, 6) is -0.905. The first-order valence-electron chi connectivity index (χ1n) is 11.2. The smallest absolute Gasteiger partial charge is 0.416 e. The predicted molar refractivity (Wildman–Crippen MR) is 136 cm³/mol. The summed E-state index contributed by atoms with van der Waals surface area (Å²) >= 11 is 1.11. The van der Waals surface area contributed by atoms with Crippen molar-refractivity contribution in [3.63, 3.8) is 0 Å². The summed E-state index contributed by atoms with van der Waals surface area (Å²) < 4.78 is 55.0. The number of benzene rings is 2. The van der Waals surface area contributed by atoms with E-state index in [1.54, 1.807) is 37.4 Å². The second kappa shape index (κ2) is 12.3. The predicted octanol–water partition coefficient (Wildman–Crippen LogP) is 6.47. The van der Waals surface area contributed by atoms with E-state index in [0.717, 1.165) is 23.5 Å². The molecular weight excluding hydrogens is 521 g/mol. The molecule has 11 heteroatoms. The minimum Gasteiger partial charge on any atom is -0.496 e. The van der Waals surface area contributed by atoms with Gasteiger partial charge in [-0.05, 0) is 67.3 Å². The number of alkyl halides is 3. The zero-order valence-electron chi connectivity index (χ0n) is 20.6. The van der Waals surface area contributed by atoms with Crippen LogP contribution in [0.25, 0.3) is 6.08 Å². The van der Waals surface area contributed by atoms with E-state index in [9.17, 15) is 28.0 Å². The molecular formula is C27H23F3N2O5S. The van der Waals surface area contributed by atoms with E-state index in [2.05, 4.69) is 5.32 Å². The Morgan fingerprint density at radius 2 is 1.92 bits per heavy atom. The Labute approximate surface area is 221 Å². The molecule has 1 amide bonds. The molecule has 0 unspecified atom stereocenters. The van der Waals surface area contributed by atoms with Gasteiger partial charge in [0.25, 0.3) is 5.91 Å². The summed E-state index contributed by atoms with van der Waals surface area (Å²) in [6, 6.07) is 12.6. The summed E-state index contributed by atoms with van der Waals surface area (Å²) in [6.07, 6.45) is -3.51. The molecule has 1 aromatic heterocycles. The maximum atomic E-state index is 13.0. The number of hydrogen-bond acceptors (Lipinski definition) is 7. The van der Waals surface area contributed by atoms with Crippen molar-refractivity contribution in [3.05, 3.63) is 81.7 Å². The van der Waals surface area contributed by atoms with Crippen molar-refractivity contribution in [2.24, 2.45) is 0 Å². The molecule has 0 saturated carbocycles. The van der Waals surface area contributed by atoms with Crippen LogP contribution >= 0.6 is 11.3 Å². The lowest BCUT2D eigenvalue weighted by Crippen LogP contribution is -2.17. The van der Waals surface area contributed by atoms with Gasteiger partial charge < -0.3 is 19.5 Å². The first kappa shape index (κ1) is 28.3. The minimum atomic E-state index is -4.51. The number of ether oxygens (including phenoxy) is 3. The van der Waals surface area contributed by atoms with Crippen molar-refractivity contribution >= 4 is 34.3 Å². The van der Waals surface area contributed by atoms with Crippen molar-refractivity contribution in [2.75, 3.05) is 12.4 Å². The molecule has 0 bridgehead atoms. The van der Waals surface area contributed by atoms with Crippen LogP contribution in [0.1, 0.15) is 40.9 Å². The van der Waals surface area contributed by atoms with Gasteiger partial charge in [0.1, 0.15) is 34.7 Å². The van der Waals surface area contributed by atoms with E-state index >= 15 is 0 Å². The Morgan fingerprint density at radius 1 is 1.16 bits per heavy atom. The highest BCUT2D eigenvalue weighted by molar-refractivity contribution is 7.14. The summed E-state index contributed by atoms with van der Waals surface area (Å²) in [7, 11) is 1.43. The standard InChI is InChI=1S/C27H23F3N2O5S/c1-16(2)37-26(34)22-9-10-38-25(22)32-24(33)18(14-31)11-17-7-8-23(35-3)19(12-17)15-36-21-6-4-5-20(13-21)27(28,29)30/h4-13,16H,15H2,1-3H3,(H,32,33)/b18-11+. The van der Waals surface area contributed by atoms with Gasteiger partial charge in [-0.1, -0.05) is 12.1 Å². The summed E-state index contributed by atoms with van der Waals surface area (Å²) in [6.45, 7) is 3.27. The third kappa shape index (κ3) is 7.36. The highest BCUT2D eigenvalue weighted by atomic mass is 32.1. The molecule has 0 fully saturated rings. The number of carbonyl (C=O) groups is 2. The normalized spacial score (nSPS) is 11.6. The van der Waals surface area contributed by atoms with Crippen LogP contribution in [0.3, 0.4) is 0 Å². The fraction of sp³-hybridized carbons (Fsp3) is 0.222. The van der Waals surface area contributed by atoms with Crippen molar-refractivity contribution < 1.29 is 37.0 Å². The van der Waals surface area contributed by atoms with Crippen LogP contribution in [0.5, 0.6) is 11.5 Å². The van der Waals surface area contributed by atoms with Crippen LogP contribution in [0, 0.1) is 11.3 Å². The van der Waals surface area contributed by atoms with Crippen LogP contribution in [-0.4, -0.2) is 25.1 Å². The Bertz CT molecular complexity index is 1390. The average Bonchev–Trinajstić information content (AvgIpc) is 3.33. The number of amides is 1. The van der Waals surface area contributed by atoms with Gasteiger partial charge in [0.05, 0.1) is 24.3 Å². The Morgan fingerprint density at radius 3 is 2.58 bits per heavy atom. The number of nitrogens with one attached hydrogen (secondary N) is 1. The van der Waals surface area contributed by atoms with Crippen LogP contribution < -0.4 is 14.8 Å². The molecule has 0 aliphatic heterocycles. The highest BCUT2D eigenvalue weighted by Gasteiger charge is 2.30. The van der Waals surface area contributed by atoms with Crippen molar-refractivity contribution in [1.82, 2.24) is 0 Å². The first-order chi connectivity index (χ1) is 18.0. The number of rotatable bonds is 9. The van der Waals surface area contributed by atoms with E-state index in [-0.39, 0.29) is 34.6 Å². The van der Waals surface area contributed by atoms with E-state index in [1.165, 1.54) is 31.4 Å². The number of nitrogens with zero attached hydrogens (tertiary/aromatic N) is 1. The lowest BCUT2D eigenvalue weighted by atomic mass is 10.1. The van der Waals surface area contributed by atoms with Crippen molar-refractivity contribution in [2.45, 2.75) is 32.7 Å². The molecule has 1 heterocycles. The van der Waals surface area contributed by atoms with Crippen LogP contribution in [0.2, 0.25) is 0 Å². The largest absolute Gasteiger partial charge is 0.496 e. The molecule has 3 aromatic rings. The number of methoxy groups -OCH3 is 1. The van der Waals surface area contributed by atoms with E-state index < -0.39 is 23.6 Å². The molecule has 0 radical (unpaired) electrons. The minimum absolute atomic E-state index is 0.0164. The second-order valence-corrected chi connectivity index (χ2v) is 9.04. The van der Waals surface area contributed by atoms with E-state index in [1.807, 2.05) is 6.07 Å². The topological polar surface area (TPSA) is 97.7 Å². The molecule has 0 atom stereocenters. The van der Waals surface area contributed by atoms with Crippen LogP contribution in [-0.2, 0) is 22.3 Å². The zero-order chi connectivity index (χ0) is 27.9. The molecule has 0 spiro atoms. The van der Waals surface area contributed by atoms with Gasteiger partial charge in [-0.2, -0.15) is 18.4 Å². The number of esters is 1. The number of anilines is 1. The molecule has 0 aliphatic carbocycles. The average molecular weight is 545 g/mol. The molecule has 0 saturated heterocycles. The summed E-state index contributed by atoms with van der Waals surface area (Å²) in [4.78, 5) is 25.0. The third-order valence-electron chi connectivity index (χ3n) is 4.99. The molecule has 3 rings (SSSR count). The molecule has 7 nitrogen and oxygen atoms in total. The number of thiophene rings is 1. The van der Waals surface area contributed by atoms with Gasteiger partial charge in [-0.15, -0.1) is 11.3 Å². The molecule has 198 valence electrons. The van der Waals surface area contributed by atoms with Crippen LogP contribution in [0.4, 0.5) is 18.2 Å². The molecule has 38 heavy (non-hydrogen) atoms. The number of carbonyl (C=O) groups excluding carboxylic acids is 2. The van der Waals surface area contributed by atoms with Gasteiger partial charge in [0, 0.05) is 5.56 Å². The van der Waals surface area contributed by atoms with Gasteiger partial charge in [-0.25, -0.2) is 4.79 Å². The van der Waals surface area contributed by atoms with Gasteiger partial charge in [0.2, 0.25) is 0 Å². The maximum Gasteiger partial charge on any atom is 0.416 e. The maximum absolute atomic E-state index is 13.0.